The molecule has 0 amide bonds. The van der Waals surface area contributed by atoms with Gasteiger partial charge in [0.05, 0.1) is 0 Å². The van der Waals surface area contributed by atoms with E-state index in [2.05, 4.69) is 277 Å². The summed E-state index contributed by atoms with van der Waals surface area (Å²) < 4.78 is 12.6. The highest BCUT2D eigenvalue weighted by atomic mass is 16.3. The smallest absolute Gasteiger partial charge is 0.143 e. The summed E-state index contributed by atoms with van der Waals surface area (Å²) in [7, 11) is 0. The summed E-state index contributed by atoms with van der Waals surface area (Å²) in [6.45, 7) is 0. The van der Waals surface area contributed by atoms with Crippen molar-refractivity contribution in [2.75, 3.05) is 9.80 Å². The number of furan rings is 2. The maximum Gasteiger partial charge on any atom is 0.143 e. The van der Waals surface area contributed by atoms with Gasteiger partial charge in [0.2, 0.25) is 0 Å². The summed E-state index contributed by atoms with van der Waals surface area (Å²) in [5.41, 5.74) is 21.5. The van der Waals surface area contributed by atoms with Crippen LogP contribution in [0.4, 0.5) is 34.1 Å². The summed E-state index contributed by atoms with van der Waals surface area (Å²) in [5.74, 6) is 0. The summed E-state index contributed by atoms with van der Waals surface area (Å²) in [6, 6.07) is 104. The van der Waals surface area contributed by atoms with Crippen LogP contribution >= 0.6 is 0 Å². The summed E-state index contributed by atoms with van der Waals surface area (Å²) in [5, 5.41) is 4.50. The Hall–Kier alpha value is -10.2. The van der Waals surface area contributed by atoms with Crippen LogP contribution in [0.2, 0.25) is 0 Å². The van der Waals surface area contributed by atoms with E-state index in [0.717, 1.165) is 111 Å². The third-order valence-corrected chi connectivity index (χ3v) is 14.7. The first-order valence-electron chi connectivity index (χ1n) is 25.8. The normalized spacial score (nSPS) is 11.4. The molecule has 0 unspecified atom stereocenters. The van der Waals surface area contributed by atoms with Crippen LogP contribution in [0.15, 0.2) is 300 Å². The van der Waals surface area contributed by atoms with Gasteiger partial charge in [-0.2, -0.15) is 0 Å². The van der Waals surface area contributed by atoms with Gasteiger partial charge in [0, 0.05) is 61.2 Å². The molecule has 2 heterocycles. The molecule has 0 bridgehead atoms. The van der Waals surface area contributed by atoms with Crippen LogP contribution in [-0.4, -0.2) is 0 Å². The molecule has 0 aliphatic heterocycles. The van der Waals surface area contributed by atoms with E-state index in [1.165, 1.54) is 22.3 Å². The molecule has 0 spiro atoms. The second-order valence-electron chi connectivity index (χ2n) is 19.3. The number of hydrogen-bond donors (Lipinski definition) is 0. The zero-order valence-corrected chi connectivity index (χ0v) is 41.4. The molecule has 76 heavy (non-hydrogen) atoms. The van der Waals surface area contributed by atoms with E-state index >= 15 is 0 Å². The maximum absolute atomic E-state index is 6.45. The van der Waals surface area contributed by atoms with Crippen molar-refractivity contribution < 1.29 is 8.83 Å². The third-order valence-electron chi connectivity index (χ3n) is 14.7. The van der Waals surface area contributed by atoms with Crippen LogP contribution in [0.25, 0.3) is 99.5 Å². The van der Waals surface area contributed by atoms with Crippen molar-refractivity contribution in [2.24, 2.45) is 0 Å². The number of para-hydroxylation sites is 3. The van der Waals surface area contributed by atoms with E-state index in [0.29, 0.717) is 0 Å². The number of rotatable bonds is 11. The van der Waals surface area contributed by atoms with Crippen molar-refractivity contribution in [1.82, 2.24) is 0 Å². The van der Waals surface area contributed by atoms with E-state index in [-0.39, 0.29) is 0 Å². The van der Waals surface area contributed by atoms with Gasteiger partial charge in [0.25, 0.3) is 0 Å². The average Bonchev–Trinajstić information content (AvgIpc) is 4.08. The molecule has 0 saturated heterocycles. The molecule has 0 N–H and O–H groups in total. The standard InChI is InChI=1S/C72H48N2O2/c1-3-12-49(13-4-1)51-22-35-58(36-23-51)73(62-43-30-55(31-44-62)57-34-47-71-68(48-57)66-17-8-9-20-69(66)75-71)60-39-26-53(27-40-60)54-28-41-61(42-29-54)74(59-37-24-52(25-38-59)50-14-5-2-6-15-50)63-45-32-56(33-46-63)64-18-11-19-67-65-16-7-10-21-70(65)76-72(64)67/h1-48H. The Morgan fingerprint density at radius 1 is 0.197 bits per heavy atom. The lowest BCUT2D eigenvalue weighted by atomic mass is 10.0. The zero-order chi connectivity index (χ0) is 50.4. The lowest BCUT2D eigenvalue weighted by Crippen LogP contribution is -2.10. The predicted molar refractivity (Wildman–Crippen MR) is 318 cm³/mol. The van der Waals surface area contributed by atoms with Gasteiger partial charge < -0.3 is 18.6 Å². The van der Waals surface area contributed by atoms with Gasteiger partial charge >= 0.3 is 0 Å². The SMILES string of the molecule is c1ccc(-c2ccc(N(c3ccc(-c4ccc(N(c5ccc(-c6ccccc6)cc5)c5ccc(-c6cccc7c6oc6ccccc67)cc5)cc4)cc3)c3ccc(-c4ccc5oc6ccccc6c5c4)cc3)cc2)cc1. The fourth-order valence-corrected chi connectivity index (χ4v) is 10.8. The Labute approximate surface area is 441 Å². The number of hydrogen-bond acceptors (Lipinski definition) is 4. The molecule has 0 fully saturated rings. The highest BCUT2D eigenvalue weighted by molar-refractivity contribution is 6.10. The van der Waals surface area contributed by atoms with Gasteiger partial charge in [0.1, 0.15) is 22.3 Å². The summed E-state index contributed by atoms with van der Waals surface area (Å²) in [4.78, 5) is 4.67. The number of fused-ring (bicyclic) bond motifs is 6. The lowest BCUT2D eigenvalue weighted by molar-refractivity contribution is 0.669. The zero-order valence-electron chi connectivity index (χ0n) is 41.4. The first-order valence-corrected chi connectivity index (χ1v) is 25.8. The van der Waals surface area contributed by atoms with Gasteiger partial charge in [-0.25, -0.2) is 0 Å². The Morgan fingerprint density at radius 3 is 0.961 bits per heavy atom. The van der Waals surface area contributed by atoms with Crippen LogP contribution < -0.4 is 9.80 Å². The molecule has 14 aromatic rings. The first kappa shape index (κ1) is 44.5. The number of nitrogens with zero attached hydrogens (tertiary/aromatic N) is 2. The molecule has 0 atom stereocenters. The number of anilines is 6. The molecular formula is C72H48N2O2. The summed E-state index contributed by atoms with van der Waals surface area (Å²) >= 11 is 0. The number of benzene rings is 12. The fourth-order valence-electron chi connectivity index (χ4n) is 10.8. The average molecular weight is 973 g/mol. The molecule has 0 saturated carbocycles. The molecule has 0 radical (unpaired) electrons. The van der Waals surface area contributed by atoms with Gasteiger partial charge in [0.15, 0.2) is 0 Å². The van der Waals surface area contributed by atoms with Crippen molar-refractivity contribution in [1.29, 1.82) is 0 Å². The largest absolute Gasteiger partial charge is 0.456 e. The molecule has 0 aliphatic rings. The van der Waals surface area contributed by atoms with Crippen LogP contribution in [0.1, 0.15) is 0 Å². The van der Waals surface area contributed by atoms with E-state index in [9.17, 15) is 0 Å². The lowest BCUT2D eigenvalue weighted by Gasteiger charge is -2.27. The maximum atomic E-state index is 6.45. The minimum atomic E-state index is 0.897. The second kappa shape index (κ2) is 19.0. The predicted octanol–water partition coefficient (Wildman–Crippen LogP) is 20.8. The molecule has 4 nitrogen and oxygen atoms in total. The highest BCUT2D eigenvalue weighted by Gasteiger charge is 2.18. The quantitative estimate of drug-likeness (QED) is 0.129. The molecular weight excluding hydrogens is 925 g/mol. The Morgan fingerprint density at radius 2 is 0.513 bits per heavy atom. The Kier molecular flexibility index (Phi) is 11.2. The van der Waals surface area contributed by atoms with Crippen LogP contribution in [-0.2, 0) is 0 Å². The van der Waals surface area contributed by atoms with Crippen molar-refractivity contribution in [3.63, 3.8) is 0 Å². The van der Waals surface area contributed by atoms with Crippen molar-refractivity contribution >= 4 is 78.0 Å². The molecule has 358 valence electrons. The van der Waals surface area contributed by atoms with Crippen molar-refractivity contribution in [3.05, 3.63) is 291 Å². The highest BCUT2D eigenvalue weighted by Crippen LogP contribution is 2.42. The van der Waals surface area contributed by atoms with Crippen LogP contribution in [0.3, 0.4) is 0 Å². The monoisotopic (exact) mass is 972 g/mol. The first-order chi connectivity index (χ1) is 37.6. The minimum absolute atomic E-state index is 0.897. The molecule has 14 rings (SSSR count). The fraction of sp³-hybridized carbons (Fsp3) is 0. The van der Waals surface area contributed by atoms with E-state index in [1.54, 1.807) is 0 Å². The van der Waals surface area contributed by atoms with Gasteiger partial charge in [-0.05, 0) is 147 Å². The van der Waals surface area contributed by atoms with E-state index in [1.807, 2.05) is 24.3 Å². The van der Waals surface area contributed by atoms with Crippen LogP contribution in [0, 0.1) is 0 Å². The second-order valence-corrected chi connectivity index (χ2v) is 19.3. The van der Waals surface area contributed by atoms with Crippen molar-refractivity contribution in [2.45, 2.75) is 0 Å². The third kappa shape index (κ3) is 8.25. The van der Waals surface area contributed by atoms with Gasteiger partial charge in [-0.3, -0.25) is 0 Å². The Bertz CT molecular complexity index is 4330. The molecule has 0 aliphatic carbocycles. The Balaban J connectivity index is 0.784. The topological polar surface area (TPSA) is 32.8 Å². The molecule has 4 heteroatoms. The van der Waals surface area contributed by atoms with Crippen LogP contribution in [0.5, 0.6) is 0 Å². The summed E-state index contributed by atoms with van der Waals surface area (Å²) in [6.07, 6.45) is 0. The molecule has 12 aromatic carbocycles. The van der Waals surface area contributed by atoms with E-state index in [4.69, 9.17) is 8.83 Å². The molecule has 2 aromatic heterocycles. The van der Waals surface area contributed by atoms with Gasteiger partial charge in [-0.1, -0.05) is 194 Å². The minimum Gasteiger partial charge on any atom is -0.456 e. The van der Waals surface area contributed by atoms with Gasteiger partial charge in [-0.15, -0.1) is 0 Å². The van der Waals surface area contributed by atoms with E-state index < -0.39 is 0 Å². The van der Waals surface area contributed by atoms with Crippen molar-refractivity contribution in [3.8, 4) is 55.6 Å².